The first-order valence-corrected chi connectivity index (χ1v) is 13.7. The van der Waals surface area contributed by atoms with Gasteiger partial charge < -0.3 is 20.0 Å². The number of anilines is 1. The average Bonchev–Trinajstić information content (AvgIpc) is 3.50. The predicted octanol–water partition coefficient (Wildman–Crippen LogP) is 7.03. The second-order valence-electron chi connectivity index (χ2n) is 9.62. The van der Waals surface area contributed by atoms with Crippen LogP contribution in [-0.2, 0) is 4.79 Å². The number of hydrogen-bond donors (Lipinski definition) is 2. The number of pyridine rings is 1. The highest BCUT2D eigenvalue weighted by Crippen LogP contribution is 2.41. The molecule has 0 radical (unpaired) electrons. The molecule has 38 heavy (non-hydrogen) atoms. The summed E-state index contributed by atoms with van der Waals surface area (Å²) in [6, 6.07) is 21.5. The van der Waals surface area contributed by atoms with E-state index in [0.29, 0.717) is 11.7 Å². The fourth-order valence-electron chi connectivity index (χ4n) is 4.74. The van der Waals surface area contributed by atoms with Gasteiger partial charge in [-0.3, -0.25) is 9.78 Å². The summed E-state index contributed by atoms with van der Waals surface area (Å²) in [6.45, 7) is 6.49. The van der Waals surface area contributed by atoms with Crippen LogP contribution in [0.2, 0.25) is 0 Å². The fraction of sp³-hybridized carbons (Fsp3) is 0.233. The summed E-state index contributed by atoms with van der Waals surface area (Å²) in [4.78, 5) is 19.6. The summed E-state index contributed by atoms with van der Waals surface area (Å²) >= 11 is 9.42. The van der Waals surface area contributed by atoms with Crippen molar-refractivity contribution >= 4 is 44.9 Å². The predicted molar refractivity (Wildman–Crippen MR) is 158 cm³/mol. The van der Waals surface area contributed by atoms with Gasteiger partial charge in [0.25, 0.3) is 0 Å². The third-order valence-electron chi connectivity index (χ3n) is 6.75. The van der Waals surface area contributed by atoms with Crippen molar-refractivity contribution in [3.8, 4) is 11.3 Å². The van der Waals surface area contributed by atoms with Gasteiger partial charge >= 0.3 is 0 Å². The SMILES string of the molecule is Cc1ccc(-c2ccc([C@@H]3[C@@H](c4ccccn4)NC(=S)N3CCC(=O)Nc3cc(C)ccc3C)o2)c(Br)c1. The maximum Gasteiger partial charge on any atom is 0.226 e. The number of furan rings is 1. The normalized spacial score (nSPS) is 16.9. The van der Waals surface area contributed by atoms with Gasteiger partial charge in [-0.25, -0.2) is 0 Å². The topological polar surface area (TPSA) is 70.4 Å². The first-order chi connectivity index (χ1) is 18.3. The lowest BCUT2D eigenvalue weighted by Gasteiger charge is -2.26. The molecule has 194 valence electrons. The van der Waals surface area contributed by atoms with Gasteiger partial charge in [0.05, 0.1) is 11.7 Å². The Morgan fingerprint density at radius 1 is 1.08 bits per heavy atom. The molecule has 0 saturated carbocycles. The molecule has 0 spiro atoms. The fourth-order valence-corrected chi connectivity index (χ4v) is 5.76. The molecular formula is C30H29BrN4O2S. The molecule has 1 aliphatic heterocycles. The molecule has 2 atom stereocenters. The minimum Gasteiger partial charge on any atom is -0.459 e. The van der Waals surface area contributed by atoms with Crippen LogP contribution in [0.15, 0.2) is 81.8 Å². The highest BCUT2D eigenvalue weighted by atomic mass is 79.9. The summed E-state index contributed by atoms with van der Waals surface area (Å²) in [7, 11) is 0. The van der Waals surface area contributed by atoms with E-state index in [1.54, 1.807) is 6.20 Å². The van der Waals surface area contributed by atoms with Gasteiger partial charge in [0.1, 0.15) is 17.6 Å². The van der Waals surface area contributed by atoms with E-state index < -0.39 is 0 Å². The van der Waals surface area contributed by atoms with Gasteiger partial charge in [-0.15, -0.1) is 0 Å². The Kier molecular flexibility index (Phi) is 7.63. The van der Waals surface area contributed by atoms with E-state index in [9.17, 15) is 4.79 Å². The lowest BCUT2D eigenvalue weighted by Crippen LogP contribution is -2.32. The molecule has 2 N–H and O–H groups in total. The molecule has 1 aliphatic rings. The Bertz CT molecular complexity index is 1490. The van der Waals surface area contributed by atoms with E-state index in [1.165, 1.54) is 5.56 Å². The molecule has 5 rings (SSSR count). The summed E-state index contributed by atoms with van der Waals surface area (Å²) in [5, 5.41) is 7.04. The van der Waals surface area contributed by atoms with Gasteiger partial charge in [-0.1, -0.05) is 40.2 Å². The summed E-state index contributed by atoms with van der Waals surface area (Å²) in [5.74, 6) is 1.45. The molecule has 6 nitrogen and oxygen atoms in total. The van der Waals surface area contributed by atoms with Crippen molar-refractivity contribution in [1.29, 1.82) is 0 Å². The van der Waals surface area contributed by atoms with Crippen LogP contribution < -0.4 is 10.6 Å². The second-order valence-corrected chi connectivity index (χ2v) is 10.9. The number of aromatic nitrogens is 1. The van der Waals surface area contributed by atoms with Crippen molar-refractivity contribution in [2.45, 2.75) is 39.3 Å². The molecule has 0 aliphatic carbocycles. The number of carbonyl (C=O) groups excluding carboxylic acids is 1. The quantitative estimate of drug-likeness (QED) is 0.226. The number of carbonyl (C=O) groups is 1. The van der Waals surface area contributed by atoms with Crippen molar-refractivity contribution in [3.05, 3.63) is 106 Å². The Morgan fingerprint density at radius 3 is 2.63 bits per heavy atom. The highest BCUT2D eigenvalue weighted by molar-refractivity contribution is 9.10. The summed E-state index contributed by atoms with van der Waals surface area (Å²) in [6.07, 6.45) is 2.05. The molecule has 0 unspecified atom stereocenters. The van der Waals surface area contributed by atoms with Crippen molar-refractivity contribution < 1.29 is 9.21 Å². The van der Waals surface area contributed by atoms with Gasteiger partial charge in [-0.2, -0.15) is 0 Å². The number of aryl methyl sites for hydroxylation is 3. The number of thiocarbonyl (C=S) groups is 1. The third kappa shape index (κ3) is 5.51. The number of hydrogen-bond acceptors (Lipinski definition) is 4. The average molecular weight is 590 g/mol. The Balaban J connectivity index is 1.41. The smallest absolute Gasteiger partial charge is 0.226 e. The van der Waals surface area contributed by atoms with E-state index in [0.717, 1.165) is 44.1 Å². The molecule has 0 bridgehead atoms. The highest BCUT2D eigenvalue weighted by Gasteiger charge is 2.41. The van der Waals surface area contributed by atoms with E-state index >= 15 is 0 Å². The van der Waals surface area contributed by atoms with Crippen LogP contribution in [-0.4, -0.2) is 27.4 Å². The van der Waals surface area contributed by atoms with Crippen molar-refractivity contribution in [3.63, 3.8) is 0 Å². The van der Waals surface area contributed by atoms with Crippen LogP contribution in [0.25, 0.3) is 11.3 Å². The second kappa shape index (κ2) is 11.1. The maximum atomic E-state index is 12.9. The Labute approximate surface area is 236 Å². The van der Waals surface area contributed by atoms with E-state index in [-0.39, 0.29) is 24.4 Å². The number of halogens is 1. The van der Waals surface area contributed by atoms with Crippen LogP contribution in [0.4, 0.5) is 5.69 Å². The third-order valence-corrected chi connectivity index (χ3v) is 7.76. The molecule has 8 heteroatoms. The van der Waals surface area contributed by atoms with Crippen molar-refractivity contribution in [2.24, 2.45) is 0 Å². The Morgan fingerprint density at radius 2 is 1.87 bits per heavy atom. The molecule has 3 heterocycles. The number of nitrogens with zero attached hydrogens (tertiary/aromatic N) is 2. The molecular weight excluding hydrogens is 560 g/mol. The van der Waals surface area contributed by atoms with Gasteiger partial charge in [0, 0.05) is 34.9 Å². The molecule has 1 amide bonds. The lowest BCUT2D eigenvalue weighted by molar-refractivity contribution is -0.116. The monoisotopic (exact) mass is 588 g/mol. The standard InChI is InChI=1S/C30H29BrN4O2S/c1-18-8-10-21(22(31)16-18)25-11-12-26(37-25)29-28(23-6-4-5-14-32-23)34-30(38)35(29)15-13-27(36)33-24-17-19(2)7-9-20(24)3/h4-12,14,16-17,28-29H,13,15H2,1-3H3,(H,33,36)(H,34,38)/t28-,29-/m1/s1. The zero-order valence-electron chi connectivity index (χ0n) is 21.5. The van der Waals surface area contributed by atoms with Crippen LogP contribution >= 0.6 is 28.1 Å². The minimum atomic E-state index is -0.260. The zero-order valence-corrected chi connectivity index (χ0v) is 23.9. The first kappa shape index (κ1) is 26.1. The van der Waals surface area contributed by atoms with E-state index in [2.05, 4.69) is 50.6 Å². The van der Waals surface area contributed by atoms with Crippen LogP contribution in [0.3, 0.4) is 0 Å². The number of nitrogens with one attached hydrogen (secondary N) is 2. The summed E-state index contributed by atoms with van der Waals surface area (Å²) < 4.78 is 7.41. The maximum absolute atomic E-state index is 12.9. The van der Waals surface area contributed by atoms with Gasteiger partial charge in [0.15, 0.2) is 5.11 Å². The molecule has 1 saturated heterocycles. The number of amides is 1. The molecule has 2 aromatic heterocycles. The van der Waals surface area contributed by atoms with Crippen molar-refractivity contribution in [1.82, 2.24) is 15.2 Å². The Hall–Kier alpha value is -3.49. The minimum absolute atomic E-state index is 0.0646. The van der Waals surface area contributed by atoms with Gasteiger partial charge in [-0.05, 0) is 92.1 Å². The van der Waals surface area contributed by atoms with E-state index in [1.807, 2.05) is 73.3 Å². The van der Waals surface area contributed by atoms with Crippen LogP contribution in [0, 0.1) is 20.8 Å². The molecule has 2 aromatic carbocycles. The summed E-state index contributed by atoms with van der Waals surface area (Å²) in [5.41, 5.74) is 5.96. The lowest BCUT2D eigenvalue weighted by atomic mass is 10.0. The van der Waals surface area contributed by atoms with E-state index in [4.69, 9.17) is 16.6 Å². The number of benzene rings is 2. The first-order valence-electron chi connectivity index (χ1n) is 12.5. The van der Waals surface area contributed by atoms with Crippen LogP contribution in [0.5, 0.6) is 0 Å². The van der Waals surface area contributed by atoms with Crippen LogP contribution in [0.1, 0.15) is 46.6 Å². The van der Waals surface area contributed by atoms with Gasteiger partial charge in [0.2, 0.25) is 5.91 Å². The number of rotatable bonds is 7. The molecule has 1 fully saturated rings. The largest absolute Gasteiger partial charge is 0.459 e. The zero-order chi connectivity index (χ0) is 26.8. The molecule has 4 aromatic rings. The van der Waals surface area contributed by atoms with Crippen molar-refractivity contribution in [2.75, 3.05) is 11.9 Å².